The molecule has 3 N–H and O–H groups in total. The minimum Gasteiger partial charge on any atom is -0.479 e. The van der Waals surface area contributed by atoms with Crippen molar-refractivity contribution in [3.05, 3.63) is 0 Å². The maximum atomic E-state index is 11.9. The van der Waals surface area contributed by atoms with Crippen LogP contribution >= 0.6 is 0 Å². The second-order valence-electron chi connectivity index (χ2n) is 4.38. The molecule has 1 aliphatic heterocycles. The van der Waals surface area contributed by atoms with Crippen molar-refractivity contribution in [2.24, 2.45) is 11.8 Å². The van der Waals surface area contributed by atoms with Gasteiger partial charge in [0.1, 0.15) is 0 Å². The first kappa shape index (κ1) is 13.9. The lowest BCUT2D eigenvalue weighted by Crippen LogP contribution is -2.46. The Kier molecular flexibility index (Phi) is 5.37. The molecule has 1 heterocycles. The number of methoxy groups -OCH3 is 1. The zero-order chi connectivity index (χ0) is 12.8. The van der Waals surface area contributed by atoms with Gasteiger partial charge in [-0.1, -0.05) is 6.92 Å². The fourth-order valence-electron chi connectivity index (χ4n) is 2.00. The molecule has 98 valence electrons. The molecule has 0 aromatic heterocycles. The maximum Gasteiger partial charge on any atom is 0.334 e. The molecule has 1 amide bonds. The van der Waals surface area contributed by atoms with Gasteiger partial charge in [0.15, 0.2) is 6.10 Å². The van der Waals surface area contributed by atoms with Gasteiger partial charge in [-0.25, -0.2) is 4.79 Å². The summed E-state index contributed by atoms with van der Waals surface area (Å²) in [6.07, 6.45) is -0.187. The van der Waals surface area contributed by atoms with Crippen LogP contribution in [0.5, 0.6) is 0 Å². The van der Waals surface area contributed by atoms with E-state index in [1.54, 1.807) is 0 Å². The Bertz CT molecular complexity index is 283. The van der Waals surface area contributed by atoms with Crippen LogP contribution in [-0.4, -0.2) is 49.8 Å². The number of carboxylic acids is 1. The number of carbonyl (C=O) groups excluding carboxylic acids is 1. The van der Waals surface area contributed by atoms with E-state index in [0.29, 0.717) is 0 Å². The number of carbonyl (C=O) groups is 2. The molecular weight excluding hydrogens is 224 g/mol. The summed E-state index contributed by atoms with van der Waals surface area (Å²) in [7, 11) is 1.32. The molecule has 1 saturated heterocycles. The van der Waals surface area contributed by atoms with Crippen LogP contribution in [0.3, 0.4) is 0 Å². The van der Waals surface area contributed by atoms with Crippen molar-refractivity contribution in [3.8, 4) is 0 Å². The first-order chi connectivity index (χ1) is 8.06. The van der Waals surface area contributed by atoms with Gasteiger partial charge in [0.2, 0.25) is 5.91 Å². The Morgan fingerprint density at radius 3 is 2.82 bits per heavy atom. The minimum atomic E-state index is -1.06. The van der Waals surface area contributed by atoms with Gasteiger partial charge in [-0.3, -0.25) is 4.79 Å². The number of hydrogen-bond donors (Lipinski definition) is 3. The highest BCUT2D eigenvalue weighted by atomic mass is 16.5. The summed E-state index contributed by atoms with van der Waals surface area (Å²) >= 11 is 0. The van der Waals surface area contributed by atoms with Crippen LogP contribution in [0.25, 0.3) is 0 Å². The molecule has 6 nitrogen and oxygen atoms in total. The van der Waals surface area contributed by atoms with Crippen molar-refractivity contribution >= 4 is 11.9 Å². The van der Waals surface area contributed by atoms with Crippen LogP contribution in [0, 0.1) is 11.8 Å². The average Bonchev–Trinajstić information content (AvgIpc) is 2.29. The van der Waals surface area contributed by atoms with Gasteiger partial charge < -0.3 is 20.5 Å². The van der Waals surface area contributed by atoms with Crippen molar-refractivity contribution in [1.82, 2.24) is 10.6 Å². The van der Waals surface area contributed by atoms with Gasteiger partial charge in [-0.15, -0.1) is 0 Å². The van der Waals surface area contributed by atoms with Crippen LogP contribution in [0.1, 0.15) is 13.3 Å². The van der Waals surface area contributed by atoms with Gasteiger partial charge >= 0.3 is 5.97 Å². The second-order valence-corrected chi connectivity index (χ2v) is 4.38. The van der Waals surface area contributed by atoms with Gasteiger partial charge in [-0.05, 0) is 25.4 Å². The SMILES string of the molecule is COC(CNC(=O)C1CCNCC1C)C(=O)O. The van der Waals surface area contributed by atoms with E-state index in [1.165, 1.54) is 7.11 Å². The number of rotatable bonds is 5. The quantitative estimate of drug-likeness (QED) is 0.604. The highest BCUT2D eigenvalue weighted by Crippen LogP contribution is 2.18. The van der Waals surface area contributed by atoms with E-state index in [-0.39, 0.29) is 24.3 Å². The van der Waals surface area contributed by atoms with E-state index in [4.69, 9.17) is 9.84 Å². The molecule has 1 aliphatic rings. The molecule has 0 aromatic carbocycles. The second kappa shape index (κ2) is 6.56. The number of ether oxygens (including phenoxy) is 1. The zero-order valence-corrected chi connectivity index (χ0v) is 10.2. The number of piperidine rings is 1. The van der Waals surface area contributed by atoms with E-state index >= 15 is 0 Å². The summed E-state index contributed by atoms with van der Waals surface area (Å²) in [6, 6.07) is 0. The molecule has 0 bridgehead atoms. The minimum absolute atomic E-state index is 0.0152. The van der Waals surface area contributed by atoms with Gasteiger partial charge in [0.25, 0.3) is 0 Å². The molecule has 3 atom stereocenters. The van der Waals surface area contributed by atoms with Crippen molar-refractivity contribution in [2.45, 2.75) is 19.4 Å². The van der Waals surface area contributed by atoms with Crippen LogP contribution in [0.15, 0.2) is 0 Å². The molecule has 3 unspecified atom stereocenters. The summed E-state index contributed by atoms with van der Waals surface area (Å²) in [5.41, 5.74) is 0. The van der Waals surface area contributed by atoms with E-state index in [1.807, 2.05) is 6.92 Å². The first-order valence-electron chi connectivity index (χ1n) is 5.80. The first-order valence-corrected chi connectivity index (χ1v) is 5.80. The van der Waals surface area contributed by atoms with Crippen molar-refractivity contribution in [3.63, 3.8) is 0 Å². The van der Waals surface area contributed by atoms with E-state index in [9.17, 15) is 9.59 Å². The largest absolute Gasteiger partial charge is 0.479 e. The monoisotopic (exact) mass is 244 g/mol. The van der Waals surface area contributed by atoms with E-state index in [2.05, 4.69) is 10.6 Å². The van der Waals surface area contributed by atoms with Crippen LogP contribution in [0.2, 0.25) is 0 Å². The Balaban J connectivity index is 2.40. The Hall–Kier alpha value is -1.14. The third-order valence-electron chi connectivity index (χ3n) is 3.14. The molecule has 1 fully saturated rings. The average molecular weight is 244 g/mol. The third-order valence-corrected chi connectivity index (χ3v) is 3.14. The lowest BCUT2D eigenvalue weighted by atomic mass is 9.87. The van der Waals surface area contributed by atoms with Crippen molar-refractivity contribution in [2.75, 3.05) is 26.7 Å². The summed E-state index contributed by atoms with van der Waals surface area (Å²) in [4.78, 5) is 22.6. The highest BCUT2D eigenvalue weighted by Gasteiger charge is 2.28. The topological polar surface area (TPSA) is 87.7 Å². The Morgan fingerprint density at radius 1 is 1.59 bits per heavy atom. The van der Waals surface area contributed by atoms with Crippen LogP contribution < -0.4 is 10.6 Å². The maximum absolute atomic E-state index is 11.9. The lowest BCUT2D eigenvalue weighted by molar-refractivity contribution is -0.148. The Labute approximate surface area is 101 Å². The summed E-state index contributed by atoms with van der Waals surface area (Å²) in [6.45, 7) is 3.68. The number of amides is 1. The van der Waals surface area contributed by atoms with Gasteiger partial charge in [0, 0.05) is 13.0 Å². The fraction of sp³-hybridized carbons (Fsp3) is 0.818. The fourth-order valence-corrected chi connectivity index (χ4v) is 2.00. The highest BCUT2D eigenvalue weighted by molar-refractivity contribution is 5.80. The third kappa shape index (κ3) is 3.98. The molecule has 17 heavy (non-hydrogen) atoms. The molecule has 1 rings (SSSR count). The van der Waals surface area contributed by atoms with Crippen LogP contribution in [-0.2, 0) is 14.3 Å². The van der Waals surface area contributed by atoms with Crippen molar-refractivity contribution in [1.29, 1.82) is 0 Å². The van der Waals surface area contributed by atoms with Gasteiger partial charge in [-0.2, -0.15) is 0 Å². The predicted molar refractivity (Wildman–Crippen MR) is 61.6 cm³/mol. The molecule has 0 saturated carbocycles. The molecule has 0 spiro atoms. The van der Waals surface area contributed by atoms with E-state index in [0.717, 1.165) is 19.5 Å². The summed E-state index contributed by atoms with van der Waals surface area (Å²) in [5.74, 6) is -0.911. The standard InChI is InChI=1S/C11H20N2O4/c1-7-5-12-4-3-8(7)10(14)13-6-9(17-2)11(15)16/h7-9,12H,3-6H2,1-2H3,(H,13,14)(H,15,16). The molecular formula is C11H20N2O4. The lowest BCUT2D eigenvalue weighted by Gasteiger charge is -2.28. The zero-order valence-electron chi connectivity index (χ0n) is 10.2. The smallest absolute Gasteiger partial charge is 0.334 e. The van der Waals surface area contributed by atoms with E-state index < -0.39 is 12.1 Å². The number of carboxylic acid groups (broad SMARTS) is 1. The normalized spacial score (nSPS) is 26.2. The number of aliphatic carboxylic acids is 1. The Morgan fingerprint density at radius 2 is 2.29 bits per heavy atom. The van der Waals surface area contributed by atoms with Crippen molar-refractivity contribution < 1.29 is 19.4 Å². The molecule has 0 aromatic rings. The van der Waals surface area contributed by atoms with Gasteiger partial charge in [0.05, 0.1) is 6.54 Å². The summed E-state index contributed by atoms with van der Waals surface area (Å²) in [5, 5.41) is 14.6. The molecule has 6 heteroatoms. The predicted octanol–water partition coefficient (Wildman–Crippen LogP) is -0.552. The molecule has 0 aliphatic carbocycles. The number of hydrogen-bond acceptors (Lipinski definition) is 4. The number of nitrogens with one attached hydrogen (secondary N) is 2. The van der Waals surface area contributed by atoms with Crippen LogP contribution in [0.4, 0.5) is 0 Å². The summed E-state index contributed by atoms with van der Waals surface area (Å²) < 4.78 is 4.75. The molecule has 0 radical (unpaired) electrons.